The van der Waals surface area contributed by atoms with Crippen LogP contribution in [0.4, 0.5) is 5.95 Å². The van der Waals surface area contributed by atoms with Crippen molar-refractivity contribution in [2.24, 2.45) is 5.41 Å². The number of nitrogens with zero attached hydrogens (tertiary/aromatic N) is 4. The maximum atomic E-state index is 14.3. The minimum atomic E-state index is -4.16. The standard InChI is InChI=1S/C35H41N5O5S/c1-22(2)45-30-15-14-25(19-36-30)20-40-27(18-35(5,6)7)21-44-31-17-29(32-23(3)10-8-11-24(32)4)37-34(38-31)39-46(42,43)28-13-9-12-26(16-28)33(40)41/h8-17,19,22,27H,18,20-21H2,1-7H3,(H,37,38,39)/t27-/m1/s1. The average Bonchev–Trinajstić information content (AvgIpc) is 2.97. The molecule has 1 aliphatic heterocycles. The highest BCUT2D eigenvalue weighted by Crippen LogP contribution is 2.32. The number of rotatable bonds is 6. The summed E-state index contributed by atoms with van der Waals surface area (Å²) >= 11 is 0. The van der Waals surface area contributed by atoms with Crippen LogP contribution in [-0.2, 0) is 16.6 Å². The molecule has 4 bridgehead atoms. The Morgan fingerprint density at radius 3 is 2.39 bits per heavy atom. The average molecular weight is 644 g/mol. The number of amides is 1. The lowest BCUT2D eigenvalue weighted by molar-refractivity contribution is 0.0512. The summed E-state index contributed by atoms with van der Waals surface area (Å²) in [6, 6.07) is 16.9. The molecule has 0 fully saturated rings. The molecule has 0 unspecified atom stereocenters. The second-order valence-corrected chi connectivity index (χ2v) is 14.8. The van der Waals surface area contributed by atoms with Gasteiger partial charge in [0.25, 0.3) is 15.9 Å². The molecule has 1 amide bonds. The van der Waals surface area contributed by atoms with E-state index in [2.05, 4.69) is 40.4 Å². The van der Waals surface area contributed by atoms with Crippen molar-refractivity contribution in [2.45, 2.75) is 78.5 Å². The van der Waals surface area contributed by atoms with Gasteiger partial charge >= 0.3 is 0 Å². The molecule has 2 aromatic carbocycles. The molecule has 1 N–H and O–H groups in total. The fourth-order valence-electron chi connectivity index (χ4n) is 5.56. The van der Waals surface area contributed by atoms with Gasteiger partial charge in [-0.1, -0.05) is 51.1 Å². The van der Waals surface area contributed by atoms with E-state index < -0.39 is 16.1 Å². The van der Waals surface area contributed by atoms with Crippen LogP contribution in [0.5, 0.6) is 11.8 Å². The van der Waals surface area contributed by atoms with Crippen LogP contribution in [0.1, 0.15) is 68.1 Å². The molecule has 1 atom stereocenters. The van der Waals surface area contributed by atoms with Crippen LogP contribution >= 0.6 is 0 Å². The summed E-state index contributed by atoms with van der Waals surface area (Å²) in [6.07, 6.45) is 2.26. The number of pyridine rings is 1. The lowest BCUT2D eigenvalue weighted by Crippen LogP contribution is -2.45. The molecular weight excluding hydrogens is 602 g/mol. The molecule has 1 aliphatic rings. The maximum absolute atomic E-state index is 14.3. The van der Waals surface area contributed by atoms with Crippen LogP contribution in [0.15, 0.2) is 71.8 Å². The van der Waals surface area contributed by atoms with Crippen LogP contribution in [-0.4, -0.2) is 52.9 Å². The third-order valence-corrected chi connectivity index (χ3v) is 8.86. The predicted octanol–water partition coefficient (Wildman–Crippen LogP) is 6.58. The van der Waals surface area contributed by atoms with Crippen LogP contribution < -0.4 is 14.2 Å². The molecule has 4 aromatic rings. The van der Waals surface area contributed by atoms with Crippen molar-refractivity contribution in [3.05, 3.63) is 89.1 Å². The van der Waals surface area contributed by atoms with Gasteiger partial charge in [-0.25, -0.2) is 23.1 Å². The van der Waals surface area contributed by atoms with Gasteiger partial charge in [-0.05, 0) is 74.4 Å². The Hall–Kier alpha value is -4.51. The molecule has 0 spiro atoms. The number of sulfonamides is 1. The molecule has 0 radical (unpaired) electrons. The quantitative estimate of drug-likeness (QED) is 0.250. The van der Waals surface area contributed by atoms with Gasteiger partial charge in [-0.3, -0.25) is 4.79 Å². The summed E-state index contributed by atoms with van der Waals surface area (Å²) in [4.78, 5) is 29.5. The van der Waals surface area contributed by atoms with Crippen molar-refractivity contribution >= 4 is 21.9 Å². The number of hydrogen-bond donors (Lipinski definition) is 1. The molecular formula is C35H41N5O5S. The van der Waals surface area contributed by atoms with Crippen LogP contribution in [0.3, 0.4) is 0 Å². The molecule has 0 saturated carbocycles. The van der Waals surface area contributed by atoms with Gasteiger partial charge in [0, 0.05) is 36.0 Å². The largest absolute Gasteiger partial charge is 0.475 e. The number of carbonyl (C=O) groups is 1. The van der Waals surface area contributed by atoms with Gasteiger partial charge in [-0.15, -0.1) is 0 Å². The molecule has 10 nitrogen and oxygen atoms in total. The fourth-order valence-corrected chi connectivity index (χ4v) is 6.55. The van der Waals surface area contributed by atoms with Crippen LogP contribution in [0.25, 0.3) is 11.3 Å². The van der Waals surface area contributed by atoms with E-state index in [-0.39, 0.29) is 52.9 Å². The van der Waals surface area contributed by atoms with E-state index in [1.807, 2.05) is 52.0 Å². The van der Waals surface area contributed by atoms with Crippen molar-refractivity contribution in [1.82, 2.24) is 19.9 Å². The zero-order valence-electron chi connectivity index (χ0n) is 27.4. The summed E-state index contributed by atoms with van der Waals surface area (Å²) in [7, 11) is -4.16. The summed E-state index contributed by atoms with van der Waals surface area (Å²) < 4.78 is 41.8. The van der Waals surface area contributed by atoms with E-state index in [1.54, 1.807) is 35.4 Å². The number of nitrogens with one attached hydrogen (secondary N) is 1. The number of aromatic nitrogens is 3. The third-order valence-electron chi connectivity index (χ3n) is 7.54. The molecule has 0 saturated heterocycles. The number of fused-ring (bicyclic) bond motifs is 4. The van der Waals surface area contributed by atoms with E-state index in [9.17, 15) is 13.2 Å². The first kappa shape index (κ1) is 32.9. The first-order chi connectivity index (χ1) is 21.7. The zero-order valence-corrected chi connectivity index (χ0v) is 28.2. The number of aryl methyl sites for hydroxylation is 2. The van der Waals surface area contributed by atoms with E-state index in [4.69, 9.17) is 9.47 Å². The van der Waals surface area contributed by atoms with E-state index >= 15 is 0 Å². The van der Waals surface area contributed by atoms with Crippen LogP contribution in [0.2, 0.25) is 0 Å². The number of benzene rings is 2. The van der Waals surface area contributed by atoms with Crippen molar-refractivity contribution in [1.29, 1.82) is 0 Å². The molecule has 0 aliphatic carbocycles. The summed E-state index contributed by atoms with van der Waals surface area (Å²) in [5, 5.41) is 0. The molecule has 46 heavy (non-hydrogen) atoms. The second kappa shape index (κ2) is 13.1. The summed E-state index contributed by atoms with van der Waals surface area (Å²) in [6.45, 7) is 14.5. The Bertz CT molecular complexity index is 1820. The number of hydrogen-bond acceptors (Lipinski definition) is 8. The van der Waals surface area contributed by atoms with Gasteiger partial charge in [0.15, 0.2) is 0 Å². The Balaban J connectivity index is 1.64. The van der Waals surface area contributed by atoms with Crippen LogP contribution in [0, 0.1) is 19.3 Å². The molecule has 11 heteroatoms. The second-order valence-electron chi connectivity index (χ2n) is 13.1. The monoisotopic (exact) mass is 643 g/mol. The number of ether oxygens (including phenoxy) is 2. The fraction of sp³-hybridized carbons (Fsp3) is 0.371. The van der Waals surface area contributed by atoms with Gasteiger partial charge in [0.05, 0.1) is 22.7 Å². The zero-order chi connectivity index (χ0) is 33.2. The van der Waals surface area contributed by atoms with E-state index in [1.165, 1.54) is 12.1 Å². The third kappa shape index (κ3) is 7.82. The highest BCUT2D eigenvalue weighted by molar-refractivity contribution is 7.92. The Kier molecular flexibility index (Phi) is 9.34. The Labute approximate surface area is 271 Å². The van der Waals surface area contributed by atoms with Crippen molar-refractivity contribution in [2.75, 3.05) is 11.3 Å². The Morgan fingerprint density at radius 2 is 1.74 bits per heavy atom. The van der Waals surface area contributed by atoms with E-state index in [0.29, 0.717) is 18.0 Å². The Morgan fingerprint density at radius 1 is 1.02 bits per heavy atom. The summed E-state index contributed by atoms with van der Waals surface area (Å²) in [5.41, 5.74) is 4.19. The minimum Gasteiger partial charge on any atom is -0.475 e. The molecule has 5 rings (SSSR count). The first-order valence-electron chi connectivity index (χ1n) is 15.3. The van der Waals surface area contributed by atoms with Gasteiger partial charge in [0.1, 0.15) is 6.61 Å². The SMILES string of the molecule is Cc1cccc(C)c1-c1cc2nc(n1)NS(=O)(=O)c1cccc(c1)C(=O)N(Cc1ccc(OC(C)C)nc1)[C@H](CC(C)(C)C)CO2. The lowest BCUT2D eigenvalue weighted by atomic mass is 9.87. The first-order valence-corrected chi connectivity index (χ1v) is 16.8. The normalized spacial score (nSPS) is 16.5. The van der Waals surface area contributed by atoms with Crippen molar-refractivity contribution < 1.29 is 22.7 Å². The molecule has 3 heterocycles. The van der Waals surface area contributed by atoms with Gasteiger partial charge in [-0.2, -0.15) is 4.98 Å². The topological polar surface area (TPSA) is 124 Å². The van der Waals surface area contributed by atoms with Crippen molar-refractivity contribution in [3.8, 4) is 23.0 Å². The van der Waals surface area contributed by atoms with Gasteiger partial charge in [0.2, 0.25) is 17.7 Å². The lowest BCUT2D eigenvalue weighted by Gasteiger charge is -2.36. The highest BCUT2D eigenvalue weighted by Gasteiger charge is 2.31. The van der Waals surface area contributed by atoms with Crippen molar-refractivity contribution in [3.63, 3.8) is 0 Å². The number of carbonyl (C=O) groups excluding carboxylic acids is 1. The minimum absolute atomic E-state index is 0.0250. The van der Waals surface area contributed by atoms with E-state index in [0.717, 1.165) is 22.3 Å². The molecule has 242 valence electrons. The smallest absolute Gasteiger partial charge is 0.264 e. The highest BCUT2D eigenvalue weighted by atomic mass is 32.2. The summed E-state index contributed by atoms with van der Waals surface area (Å²) in [5.74, 6) is 0.240. The molecule has 2 aromatic heterocycles. The predicted molar refractivity (Wildman–Crippen MR) is 177 cm³/mol. The number of anilines is 1. The van der Waals surface area contributed by atoms with Gasteiger partial charge < -0.3 is 14.4 Å². The maximum Gasteiger partial charge on any atom is 0.264 e.